The zero-order valence-electron chi connectivity index (χ0n) is 19.1. The molecule has 33 heavy (non-hydrogen) atoms. The summed E-state index contributed by atoms with van der Waals surface area (Å²) in [7, 11) is 0. The van der Waals surface area contributed by atoms with Gasteiger partial charge in [-0.1, -0.05) is 84.4 Å². The third-order valence-electron chi connectivity index (χ3n) is 5.59. The van der Waals surface area contributed by atoms with Crippen LogP contribution in [0.25, 0.3) is 0 Å². The molecule has 0 bridgehead atoms. The minimum absolute atomic E-state index is 0.238. The van der Waals surface area contributed by atoms with Crippen LogP contribution in [0.1, 0.15) is 44.2 Å². The summed E-state index contributed by atoms with van der Waals surface area (Å²) >= 11 is 0. The van der Waals surface area contributed by atoms with Crippen LogP contribution < -0.4 is 5.32 Å². The normalized spacial score (nSPS) is 11.0. The van der Waals surface area contributed by atoms with Crippen LogP contribution in [0.2, 0.25) is 0 Å². The van der Waals surface area contributed by atoms with Gasteiger partial charge in [0.15, 0.2) is 5.69 Å². The van der Waals surface area contributed by atoms with E-state index in [0.717, 1.165) is 18.7 Å². The molecule has 5 nitrogen and oxygen atoms in total. The zero-order chi connectivity index (χ0) is 23.0. The molecule has 4 rings (SSSR count). The van der Waals surface area contributed by atoms with Gasteiger partial charge in [-0.15, -0.1) is 0 Å². The van der Waals surface area contributed by atoms with Crippen LogP contribution in [0, 0.1) is 13.8 Å². The molecule has 0 unspecified atom stereocenters. The minimum Gasteiger partial charge on any atom is -0.447 e. The second-order valence-corrected chi connectivity index (χ2v) is 8.36. The van der Waals surface area contributed by atoms with E-state index in [1.807, 2.05) is 48.5 Å². The molecular formula is C28H29N3O2. The Morgan fingerprint density at radius 3 is 2.30 bits per heavy atom. The summed E-state index contributed by atoms with van der Waals surface area (Å²) in [5, 5.41) is 2.90. The highest BCUT2D eigenvalue weighted by Gasteiger charge is 2.16. The number of carbonyl (C=O) groups is 1. The summed E-state index contributed by atoms with van der Waals surface area (Å²) in [6, 6.07) is 26.7. The second-order valence-electron chi connectivity index (χ2n) is 8.36. The molecule has 0 aliphatic carbocycles. The first-order chi connectivity index (χ1) is 16.1. The van der Waals surface area contributed by atoms with Gasteiger partial charge < -0.3 is 9.73 Å². The van der Waals surface area contributed by atoms with E-state index in [4.69, 9.17) is 4.42 Å². The minimum atomic E-state index is -0.238. The van der Waals surface area contributed by atoms with E-state index in [1.165, 1.54) is 28.5 Å². The summed E-state index contributed by atoms with van der Waals surface area (Å²) < 4.78 is 5.68. The highest BCUT2D eigenvalue weighted by molar-refractivity contribution is 5.91. The Hall–Kier alpha value is -3.70. The summed E-state index contributed by atoms with van der Waals surface area (Å²) in [4.78, 5) is 19.3. The summed E-state index contributed by atoms with van der Waals surface area (Å²) in [5.74, 6) is 0.291. The van der Waals surface area contributed by atoms with Crippen molar-refractivity contribution >= 4 is 5.91 Å². The van der Waals surface area contributed by atoms with Gasteiger partial charge in [0.1, 0.15) is 6.26 Å². The Balaban J connectivity index is 1.46. The number of aryl methyl sites for hydroxylation is 2. The molecule has 3 aromatic carbocycles. The first kappa shape index (κ1) is 22.5. The number of hydrogen-bond acceptors (Lipinski definition) is 4. The van der Waals surface area contributed by atoms with Crippen molar-refractivity contribution in [1.82, 2.24) is 15.2 Å². The number of hydrogen-bond donors (Lipinski definition) is 1. The van der Waals surface area contributed by atoms with E-state index in [9.17, 15) is 4.79 Å². The number of amides is 1. The predicted octanol–water partition coefficient (Wildman–Crippen LogP) is 5.42. The smallest absolute Gasteiger partial charge is 0.273 e. The van der Waals surface area contributed by atoms with E-state index in [1.54, 1.807) is 0 Å². The fourth-order valence-electron chi connectivity index (χ4n) is 3.77. The second kappa shape index (κ2) is 10.7. The molecule has 0 fully saturated rings. The fraction of sp³-hybridized carbons (Fsp3) is 0.214. The monoisotopic (exact) mass is 439 g/mol. The molecule has 1 aromatic heterocycles. The fourth-order valence-corrected chi connectivity index (χ4v) is 3.77. The Morgan fingerprint density at radius 2 is 1.58 bits per heavy atom. The molecule has 168 valence electrons. The lowest BCUT2D eigenvalue weighted by molar-refractivity contribution is 0.0945. The van der Waals surface area contributed by atoms with Crippen molar-refractivity contribution in [1.29, 1.82) is 0 Å². The molecule has 0 saturated carbocycles. The molecule has 0 saturated heterocycles. The number of rotatable bonds is 9. The van der Waals surface area contributed by atoms with Gasteiger partial charge in [-0.2, -0.15) is 0 Å². The van der Waals surface area contributed by atoms with Crippen LogP contribution in [0.5, 0.6) is 0 Å². The predicted molar refractivity (Wildman–Crippen MR) is 129 cm³/mol. The Labute approximate surface area is 195 Å². The molecule has 1 heterocycles. The number of benzene rings is 3. The quantitative estimate of drug-likeness (QED) is 0.378. The van der Waals surface area contributed by atoms with E-state index in [-0.39, 0.29) is 5.91 Å². The maximum Gasteiger partial charge on any atom is 0.273 e. The van der Waals surface area contributed by atoms with Gasteiger partial charge in [0.2, 0.25) is 5.89 Å². The molecule has 1 amide bonds. The van der Waals surface area contributed by atoms with Crippen LogP contribution in [0.4, 0.5) is 0 Å². The maximum atomic E-state index is 12.5. The number of aromatic nitrogens is 1. The lowest BCUT2D eigenvalue weighted by Gasteiger charge is -2.22. The van der Waals surface area contributed by atoms with Crippen LogP contribution >= 0.6 is 0 Å². The largest absolute Gasteiger partial charge is 0.447 e. The van der Waals surface area contributed by atoms with Crippen molar-refractivity contribution in [2.24, 2.45) is 0 Å². The first-order valence-electron chi connectivity index (χ1n) is 11.2. The van der Waals surface area contributed by atoms with Crippen molar-refractivity contribution in [3.8, 4) is 0 Å². The molecule has 0 atom stereocenters. The molecule has 4 aromatic rings. The van der Waals surface area contributed by atoms with E-state index in [2.05, 4.69) is 59.4 Å². The molecule has 0 radical (unpaired) electrons. The molecular weight excluding hydrogens is 410 g/mol. The van der Waals surface area contributed by atoms with E-state index < -0.39 is 0 Å². The summed E-state index contributed by atoms with van der Waals surface area (Å²) in [5.41, 5.74) is 6.33. The molecule has 1 N–H and O–H groups in total. The van der Waals surface area contributed by atoms with Crippen LogP contribution in [0.15, 0.2) is 89.5 Å². The van der Waals surface area contributed by atoms with Gasteiger partial charge in [-0.25, -0.2) is 4.98 Å². The van der Waals surface area contributed by atoms with Crippen LogP contribution in [0.3, 0.4) is 0 Å². The standard InChI is InChI=1S/C28H29N3O2/c1-21-13-14-22(2)25(15-21)18-31(17-24-11-7-4-8-12-24)19-27-30-26(20-33-27)28(32)29-16-23-9-5-3-6-10-23/h3-15,20H,16-19H2,1-2H3,(H,29,32). The number of nitrogens with one attached hydrogen (secondary N) is 1. The third-order valence-corrected chi connectivity index (χ3v) is 5.59. The number of nitrogens with zero attached hydrogens (tertiary/aromatic N) is 2. The van der Waals surface area contributed by atoms with Crippen molar-refractivity contribution < 1.29 is 9.21 Å². The highest BCUT2D eigenvalue weighted by atomic mass is 16.3. The Morgan fingerprint density at radius 1 is 0.879 bits per heavy atom. The van der Waals surface area contributed by atoms with E-state index >= 15 is 0 Å². The average molecular weight is 440 g/mol. The van der Waals surface area contributed by atoms with Gasteiger partial charge in [0, 0.05) is 19.6 Å². The highest BCUT2D eigenvalue weighted by Crippen LogP contribution is 2.18. The van der Waals surface area contributed by atoms with Crippen LogP contribution in [-0.2, 0) is 26.2 Å². The Bertz CT molecular complexity index is 1190. The SMILES string of the molecule is Cc1ccc(C)c(CN(Cc2ccccc2)Cc2nc(C(=O)NCc3ccccc3)co2)c1. The van der Waals surface area contributed by atoms with Crippen molar-refractivity contribution in [2.45, 2.75) is 40.0 Å². The van der Waals surface area contributed by atoms with Crippen molar-refractivity contribution in [2.75, 3.05) is 0 Å². The first-order valence-corrected chi connectivity index (χ1v) is 11.2. The molecule has 5 heteroatoms. The molecule has 0 aliphatic heterocycles. The zero-order valence-corrected chi connectivity index (χ0v) is 19.1. The molecule has 0 aliphatic rings. The lowest BCUT2D eigenvalue weighted by atomic mass is 10.0. The average Bonchev–Trinajstić information content (AvgIpc) is 3.30. The van der Waals surface area contributed by atoms with Gasteiger partial charge in [0.05, 0.1) is 6.54 Å². The number of oxazole rings is 1. The van der Waals surface area contributed by atoms with Crippen molar-refractivity contribution in [3.63, 3.8) is 0 Å². The maximum absolute atomic E-state index is 12.5. The van der Waals surface area contributed by atoms with Crippen molar-refractivity contribution in [3.05, 3.63) is 125 Å². The van der Waals surface area contributed by atoms with E-state index in [0.29, 0.717) is 24.7 Å². The van der Waals surface area contributed by atoms with Gasteiger partial charge >= 0.3 is 0 Å². The molecule has 0 spiro atoms. The summed E-state index contributed by atoms with van der Waals surface area (Å²) in [6.07, 6.45) is 1.44. The van der Waals surface area contributed by atoms with Gasteiger partial charge in [0.25, 0.3) is 5.91 Å². The summed E-state index contributed by atoms with van der Waals surface area (Å²) in [6.45, 7) is 6.73. The van der Waals surface area contributed by atoms with Gasteiger partial charge in [-0.05, 0) is 36.1 Å². The topological polar surface area (TPSA) is 58.4 Å². The number of carbonyl (C=O) groups excluding carboxylic acids is 1. The van der Waals surface area contributed by atoms with Gasteiger partial charge in [-0.3, -0.25) is 9.69 Å². The Kier molecular flexibility index (Phi) is 7.33. The third kappa shape index (κ3) is 6.40. The van der Waals surface area contributed by atoms with Crippen LogP contribution in [-0.4, -0.2) is 15.8 Å². The lowest BCUT2D eigenvalue weighted by Crippen LogP contribution is -2.24.